The molecule has 100 valence electrons. The Kier molecular flexibility index (Phi) is 3.30. The summed E-state index contributed by atoms with van der Waals surface area (Å²) in [7, 11) is 1.71. The second-order valence-electron chi connectivity index (χ2n) is 4.75. The van der Waals surface area contributed by atoms with Gasteiger partial charge in [-0.25, -0.2) is 0 Å². The van der Waals surface area contributed by atoms with Crippen LogP contribution in [0.3, 0.4) is 0 Å². The molecule has 1 unspecified atom stereocenters. The van der Waals surface area contributed by atoms with Crippen molar-refractivity contribution in [3.8, 4) is 5.75 Å². The second kappa shape index (κ2) is 5.25. The first-order valence-corrected chi connectivity index (χ1v) is 6.66. The van der Waals surface area contributed by atoms with Gasteiger partial charge in [-0.3, -0.25) is 0 Å². The zero-order valence-electron chi connectivity index (χ0n) is 11.5. The van der Waals surface area contributed by atoms with Crippen molar-refractivity contribution in [2.75, 3.05) is 7.11 Å². The summed E-state index contributed by atoms with van der Waals surface area (Å²) < 4.78 is 5.50. The molecule has 0 aliphatic heterocycles. The minimum atomic E-state index is 0.154. The smallest absolute Gasteiger partial charge is 0.128 e. The number of methoxy groups -OCH3 is 1. The van der Waals surface area contributed by atoms with E-state index in [4.69, 9.17) is 4.74 Å². The number of hydrogen-bond acceptors (Lipinski definition) is 1. The first-order valence-electron chi connectivity index (χ1n) is 6.66. The molecule has 2 nitrogen and oxygen atoms in total. The number of hydrogen-bond donors (Lipinski definition) is 1. The fourth-order valence-electron chi connectivity index (χ4n) is 2.70. The lowest BCUT2D eigenvalue weighted by Gasteiger charge is -2.13. The molecule has 0 saturated carbocycles. The van der Waals surface area contributed by atoms with Gasteiger partial charge in [0.25, 0.3) is 0 Å². The summed E-state index contributed by atoms with van der Waals surface area (Å²) in [5, 5.41) is 1.13. The van der Waals surface area contributed by atoms with Gasteiger partial charge in [0.15, 0.2) is 0 Å². The number of allylic oxidation sites excluding steroid dienone is 1. The molecule has 0 amide bonds. The monoisotopic (exact) mass is 263 g/mol. The molecule has 1 N–H and O–H groups in total. The van der Waals surface area contributed by atoms with Crippen LogP contribution in [-0.4, -0.2) is 12.1 Å². The van der Waals surface area contributed by atoms with Crippen molar-refractivity contribution >= 4 is 10.9 Å². The molecular weight excluding hydrogens is 246 g/mol. The molecule has 0 fully saturated rings. The van der Waals surface area contributed by atoms with Gasteiger partial charge in [-0.05, 0) is 23.3 Å². The summed E-state index contributed by atoms with van der Waals surface area (Å²) in [6.07, 6.45) is 4.02. The molecule has 3 rings (SSSR count). The molecule has 0 aliphatic carbocycles. The fraction of sp³-hybridized carbons (Fsp3) is 0.111. The van der Waals surface area contributed by atoms with E-state index in [-0.39, 0.29) is 5.92 Å². The molecule has 20 heavy (non-hydrogen) atoms. The van der Waals surface area contributed by atoms with E-state index in [2.05, 4.69) is 41.9 Å². The Morgan fingerprint density at radius 1 is 1.10 bits per heavy atom. The highest BCUT2D eigenvalue weighted by molar-refractivity contribution is 5.90. The van der Waals surface area contributed by atoms with Crippen molar-refractivity contribution in [1.82, 2.24) is 4.98 Å². The molecule has 0 bridgehead atoms. The maximum atomic E-state index is 5.50. The van der Waals surface area contributed by atoms with Crippen LogP contribution in [-0.2, 0) is 0 Å². The number of rotatable bonds is 4. The first kappa shape index (κ1) is 12.5. The molecule has 0 saturated heterocycles. The average Bonchev–Trinajstić information content (AvgIpc) is 2.93. The highest BCUT2D eigenvalue weighted by Crippen LogP contribution is 2.36. The zero-order chi connectivity index (χ0) is 13.9. The van der Waals surface area contributed by atoms with E-state index >= 15 is 0 Å². The lowest BCUT2D eigenvalue weighted by molar-refractivity contribution is 0.419. The molecule has 0 aliphatic rings. The van der Waals surface area contributed by atoms with Gasteiger partial charge in [0, 0.05) is 23.0 Å². The molecular formula is C18H17NO. The maximum Gasteiger partial charge on any atom is 0.128 e. The Bertz CT molecular complexity index is 728. The number of nitrogens with one attached hydrogen (secondary N) is 1. The summed E-state index contributed by atoms with van der Waals surface area (Å²) in [4.78, 5) is 3.32. The quantitative estimate of drug-likeness (QED) is 0.689. The average molecular weight is 263 g/mol. The Labute approximate surface area is 118 Å². The summed E-state index contributed by atoms with van der Waals surface area (Å²) >= 11 is 0. The van der Waals surface area contributed by atoms with Crippen LogP contribution in [0.5, 0.6) is 5.75 Å². The Morgan fingerprint density at radius 2 is 1.90 bits per heavy atom. The van der Waals surface area contributed by atoms with Crippen LogP contribution in [0, 0.1) is 0 Å². The Balaban J connectivity index is 2.20. The van der Waals surface area contributed by atoms with Crippen LogP contribution in [0.2, 0.25) is 0 Å². The van der Waals surface area contributed by atoms with E-state index in [9.17, 15) is 0 Å². The van der Waals surface area contributed by atoms with E-state index in [1.807, 2.05) is 30.5 Å². The zero-order valence-corrected chi connectivity index (χ0v) is 11.5. The molecule has 3 aromatic rings. The van der Waals surface area contributed by atoms with Crippen LogP contribution < -0.4 is 4.74 Å². The van der Waals surface area contributed by atoms with Crippen LogP contribution in [0.4, 0.5) is 0 Å². The van der Waals surface area contributed by atoms with E-state index in [0.29, 0.717) is 0 Å². The predicted octanol–water partition coefficient (Wildman–Crippen LogP) is 4.49. The minimum absolute atomic E-state index is 0.154. The van der Waals surface area contributed by atoms with Crippen LogP contribution >= 0.6 is 0 Å². The number of benzene rings is 2. The summed E-state index contributed by atoms with van der Waals surface area (Å²) in [5.74, 6) is 1.04. The van der Waals surface area contributed by atoms with Crippen molar-refractivity contribution in [2.24, 2.45) is 0 Å². The third kappa shape index (κ3) is 1.99. The molecule has 0 spiro atoms. The standard InChI is InChI=1S/C18H17NO/c1-3-14(13-8-5-4-6-9-13)15-12-19-16-10-7-11-17(20-2)18(15)16/h3-12,14,19H,1H2,2H3. The molecule has 1 heterocycles. The highest BCUT2D eigenvalue weighted by Gasteiger charge is 2.17. The van der Waals surface area contributed by atoms with Crippen LogP contribution in [0.25, 0.3) is 10.9 Å². The Morgan fingerprint density at radius 3 is 2.60 bits per heavy atom. The van der Waals surface area contributed by atoms with Gasteiger partial charge in [0.1, 0.15) is 5.75 Å². The van der Waals surface area contributed by atoms with Crippen molar-refractivity contribution in [2.45, 2.75) is 5.92 Å². The summed E-state index contributed by atoms with van der Waals surface area (Å²) in [6, 6.07) is 16.4. The van der Waals surface area contributed by atoms with E-state index in [1.165, 1.54) is 11.1 Å². The summed E-state index contributed by atoms with van der Waals surface area (Å²) in [5.41, 5.74) is 3.51. The molecule has 1 aromatic heterocycles. The van der Waals surface area contributed by atoms with E-state index in [0.717, 1.165) is 16.7 Å². The van der Waals surface area contributed by atoms with Crippen molar-refractivity contribution in [3.63, 3.8) is 0 Å². The third-order valence-corrected chi connectivity index (χ3v) is 3.65. The molecule has 2 aromatic carbocycles. The van der Waals surface area contributed by atoms with Gasteiger partial charge < -0.3 is 9.72 Å². The predicted molar refractivity (Wildman–Crippen MR) is 83.3 cm³/mol. The first-order chi connectivity index (χ1) is 9.85. The largest absolute Gasteiger partial charge is 0.496 e. The number of aromatic nitrogens is 1. The topological polar surface area (TPSA) is 25.0 Å². The van der Waals surface area contributed by atoms with Gasteiger partial charge in [0.2, 0.25) is 0 Å². The molecule has 1 atom stereocenters. The molecule has 0 radical (unpaired) electrons. The van der Waals surface area contributed by atoms with Crippen molar-refractivity contribution in [1.29, 1.82) is 0 Å². The Hall–Kier alpha value is -2.48. The normalized spacial score (nSPS) is 12.2. The van der Waals surface area contributed by atoms with Gasteiger partial charge in [-0.2, -0.15) is 0 Å². The van der Waals surface area contributed by atoms with Crippen molar-refractivity contribution in [3.05, 3.63) is 78.5 Å². The van der Waals surface area contributed by atoms with Gasteiger partial charge >= 0.3 is 0 Å². The van der Waals surface area contributed by atoms with Gasteiger partial charge in [-0.1, -0.05) is 42.5 Å². The number of fused-ring (bicyclic) bond motifs is 1. The maximum absolute atomic E-state index is 5.50. The number of ether oxygens (including phenoxy) is 1. The molecule has 2 heteroatoms. The van der Waals surface area contributed by atoms with Crippen molar-refractivity contribution < 1.29 is 4.74 Å². The summed E-state index contributed by atoms with van der Waals surface area (Å²) in [6.45, 7) is 4.00. The van der Waals surface area contributed by atoms with E-state index in [1.54, 1.807) is 7.11 Å². The third-order valence-electron chi connectivity index (χ3n) is 3.65. The highest BCUT2D eigenvalue weighted by atomic mass is 16.5. The lowest BCUT2D eigenvalue weighted by Crippen LogP contribution is -1.97. The van der Waals surface area contributed by atoms with Gasteiger partial charge in [-0.15, -0.1) is 6.58 Å². The second-order valence-corrected chi connectivity index (χ2v) is 4.75. The van der Waals surface area contributed by atoms with Crippen LogP contribution in [0.1, 0.15) is 17.0 Å². The van der Waals surface area contributed by atoms with E-state index < -0.39 is 0 Å². The SMILES string of the molecule is C=CC(c1ccccc1)c1c[nH]c2cccc(OC)c12. The number of H-pyrrole nitrogens is 1. The number of aromatic amines is 1. The minimum Gasteiger partial charge on any atom is -0.496 e. The lowest BCUT2D eigenvalue weighted by atomic mass is 9.91. The van der Waals surface area contributed by atoms with Gasteiger partial charge in [0.05, 0.1) is 7.11 Å². The van der Waals surface area contributed by atoms with Crippen LogP contribution in [0.15, 0.2) is 67.4 Å². The fourth-order valence-corrected chi connectivity index (χ4v) is 2.70.